The highest BCUT2D eigenvalue weighted by Gasteiger charge is 2.21. The van der Waals surface area contributed by atoms with Gasteiger partial charge in [-0.1, -0.05) is 0 Å². The normalized spacial score (nSPS) is 22.5. The van der Waals surface area contributed by atoms with E-state index in [9.17, 15) is 4.79 Å². The van der Waals surface area contributed by atoms with Crippen molar-refractivity contribution in [2.24, 2.45) is 0 Å². The van der Waals surface area contributed by atoms with Crippen LogP contribution in [0.2, 0.25) is 0 Å². The lowest BCUT2D eigenvalue weighted by atomic mass is 10.0. The number of amides is 1. The van der Waals surface area contributed by atoms with E-state index in [1.165, 1.54) is 0 Å². The number of hydrogen-bond acceptors (Lipinski definition) is 2. The molecule has 0 aromatic rings. The first kappa shape index (κ1) is 10.1. The quantitative estimate of drug-likeness (QED) is 0.706. The van der Waals surface area contributed by atoms with Gasteiger partial charge in [0.1, 0.15) is 0 Å². The fourth-order valence-corrected chi connectivity index (χ4v) is 1.38. The zero-order valence-corrected chi connectivity index (χ0v) is 8.52. The molecule has 1 amide bonds. The second-order valence-electron chi connectivity index (χ2n) is 3.44. The van der Waals surface area contributed by atoms with Gasteiger partial charge in [-0.25, -0.2) is 0 Å². The molecule has 13 heavy (non-hydrogen) atoms. The van der Waals surface area contributed by atoms with Gasteiger partial charge in [0, 0.05) is 6.54 Å². The van der Waals surface area contributed by atoms with Crippen LogP contribution in [0.3, 0.4) is 0 Å². The molecule has 1 rings (SSSR count). The minimum absolute atomic E-state index is 0.0773. The van der Waals surface area contributed by atoms with Gasteiger partial charge in [-0.2, -0.15) is 0 Å². The highest BCUT2D eigenvalue weighted by Crippen LogP contribution is 2.22. The van der Waals surface area contributed by atoms with E-state index in [0.29, 0.717) is 12.3 Å². The number of nitrogens with one attached hydrogen (secondary N) is 1. The van der Waals surface area contributed by atoms with Crippen molar-refractivity contribution in [1.29, 1.82) is 0 Å². The summed E-state index contributed by atoms with van der Waals surface area (Å²) in [6.07, 6.45) is 2.14. The summed E-state index contributed by atoms with van der Waals surface area (Å²) in [5.41, 5.74) is 1.06. The Morgan fingerprint density at radius 3 is 3.00 bits per heavy atom. The number of hydrogen-bond donors (Lipinski definition) is 1. The van der Waals surface area contributed by atoms with Crippen LogP contribution in [0.5, 0.6) is 0 Å². The topological polar surface area (TPSA) is 38.3 Å². The Hall–Kier alpha value is -0.990. The average molecular weight is 183 g/mol. The number of rotatable bonds is 2. The van der Waals surface area contributed by atoms with Gasteiger partial charge in [0.2, 0.25) is 0 Å². The highest BCUT2D eigenvalue weighted by atomic mass is 16.5. The Balaban J connectivity index is 2.70. The molecule has 0 saturated carbocycles. The second kappa shape index (κ2) is 4.30. The zero-order valence-electron chi connectivity index (χ0n) is 8.52. The average Bonchev–Trinajstić information content (AvgIpc) is 2.09. The van der Waals surface area contributed by atoms with Crippen molar-refractivity contribution in [2.45, 2.75) is 39.7 Å². The van der Waals surface area contributed by atoms with Crippen molar-refractivity contribution in [3.05, 3.63) is 11.3 Å². The lowest BCUT2D eigenvalue weighted by Gasteiger charge is -2.23. The van der Waals surface area contributed by atoms with Crippen LogP contribution in [0.4, 0.5) is 0 Å². The third kappa shape index (κ3) is 2.47. The fraction of sp³-hybridized carbons (Fsp3) is 0.700. The van der Waals surface area contributed by atoms with Crippen LogP contribution in [0.25, 0.3) is 0 Å². The van der Waals surface area contributed by atoms with Crippen LogP contribution in [0.1, 0.15) is 33.6 Å². The van der Waals surface area contributed by atoms with Crippen LogP contribution < -0.4 is 5.32 Å². The van der Waals surface area contributed by atoms with Crippen LogP contribution in [-0.4, -0.2) is 18.6 Å². The van der Waals surface area contributed by atoms with Gasteiger partial charge in [0.05, 0.1) is 6.10 Å². The Morgan fingerprint density at radius 2 is 2.38 bits per heavy atom. The maximum absolute atomic E-state index is 11.5. The summed E-state index contributed by atoms with van der Waals surface area (Å²) in [5, 5.41) is 2.74. The summed E-state index contributed by atoms with van der Waals surface area (Å²) in [5.74, 6) is 0.451. The molecule has 3 nitrogen and oxygen atoms in total. The lowest BCUT2D eigenvalue weighted by molar-refractivity contribution is -0.122. The molecule has 1 aliphatic heterocycles. The summed E-state index contributed by atoms with van der Waals surface area (Å²) in [6, 6.07) is 0. The van der Waals surface area contributed by atoms with E-state index >= 15 is 0 Å². The van der Waals surface area contributed by atoms with Crippen molar-refractivity contribution in [3.8, 4) is 0 Å². The molecule has 1 aliphatic rings. The molecule has 0 aliphatic carbocycles. The maximum Gasteiger partial charge on any atom is 0.286 e. The van der Waals surface area contributed by atoms with Crippen molar-refractivity contribution < 1.29 is 9.53 Å². The molecular formula is C10H17NO2. The van der Waals surface area contributed by atoms with Crippen molar-refractivity contribution in [2.75, 3.05) is 6.54 Å². The Bertz CT molecular complexity index is 233. The first-order chi connectivity index (χ1) is 6.15. The summed E-state index contributed by atoms with van der Waals surface area (Å²) in [4.78, 5) is 11.5. The smallest absolute Gasteiger partial charge is 0.286 e. The van der Waals surface area contributed by atoms with E-state index in [-0.39, 0.29) is 12.0 Å². The molecule has 0 spiro atoms. The molecule has 0 radical (unpaired) electrons. The first-order valence-corrected chi connectivity index (χ1v) is 4.79. The number of likely N-dealkylation sites (N-methyl/N-ethyl adjacent to an activating group) is 1. The third-order valence-electron chi connectivity index (χ3n) is 2.18. The zero-order chi connectivity index (χ0) is 9.84. The summed E-state index contributed by atoms with van der Waals surface area (Å²) in [7, 11) is 0. The molecule has 0 aromatic carbocycles. The molecule has 74 valence electrons. The van der Waals surface area contributed by atoms with Gasteiger partial charge in [-0.3, -0.25) is 4.79 Å². The van der Waals surface area contributed by atoms with Crippen molar-refractivity contribution in [3.63, 3.8) is 0 Å². The molecular weight excluding hydrogens is 166 g/mol. The SMILES string of the molecule is CCNC(=O)C1=C(C)CCC(C)O1. The summed E-state index contributed by atoms with van der Waals surface area (Å²) >= 11 is 0. The Kier molecular flexibility index (Phi) is 3.34. The standard InChI is InChI=1S/C10H17NO2/c1-4-11-10(12)9-7(2)5-6-8(3)13-9/h8H,4-6H2,1-3H3,(H,11,12). The predicted octanol–water partition coefficient (Wildman–Crippen LogP) is 1.60. The maximum atomic E-state index is 11.5. The van der Waals surface area contributed by atoms with E-state index in [4.69, 9.17) is 4.74 Å². The van der Waals surface area contributed by atoms with Gasteiger partial charge in [0.15, 0.2) is 5.76 Å². The third-order valence-corrected chi connectivity index (χ3v) is 2.18. The van der Waals surface area contributed by atoms with Crippen LogP contribution in [-0.2, 0) is 9.53 Å². The Morgan fingerprint density at radius 1 is 1.69 bits per heavy atom. The van der Waals surface area contributed by atoms with Gasteiger partial charge in [0.25, 0.3) is 5.91 Å². The van der Waals surface area contributed by atoms with E-state index < -0.39 is 0 Å². The van der Waals surface area contributed by atoms with Crippen LogP contribution in [0.15, 0.2) is 11.3 Å². The fourth-order valence-electron chi connectivity index (χ4n) is 1.38. The van der Waals surface area contributed by atoms with Crippen molar-refractivity contribution in [1.82, 2.24) is 5.32 Å². The molecule has 1 unspecified atom stereocenters. The van der Waals surface area contributed by atoms with Crippen LogP contribution in [0, 0.1) is 0 Å². The molecule has 1 atom stereocenters. The Labute approximate surface area is 79.2 Å². The van der Waals surface area contributed by atoms with Gasteiger partial charge in [-0.05, 0) is 39.2 Å². The minimum atomic E-state index is -0.0773. The monoisotopic (exact) mass is 183 g/mol. The highest BCUT2D eigenvalue weighted by molar-refractivity contribution is 5.92. The molecule has 3 heteroatoms. The van der Waals surface area contributed by atoms with Gasteiger partial charge < -0.3 is 10.1 Å². The molecule has 1 heterocycles. The largest absolute Gasteiger partial charge is 0.485 e. The van der Waals surface area contributed by atoms with Gasteiger partial charge >= 0.3 is 0 Å². The molecule has 0 aromatic heterocycles. The predicted molar refractivity (Wildman–Crippen MR) is 51.2 cm³/mol. The first-order valence-electron chi connectivity index (χ1n) is 4.79. The summed E-state index contributed by atoms with van der Waals surface area (Å²) < 4.78 is 5.48. The molecule has 0 bridgehead atoms. The molecule has 1 N–H and O–H groups in total. The number of allylic oxidation sites excluding steroid dienone is 1. The number of carbonyl (C=O) groups is 1. The minimum Gasteiger partial charge on any atom is -0.485 e. The van der Waals surface area contributed by atoms with Gasteiger partial charge in [-0.15, -0.1) is 0 Å². The van der Waals surface area contributed by atoms with E-state index in [2.05, 4.69) is 5.32 Å². The number of ether oxygens (including phenoxy) is 1. The van der Waals surface area contributed by atoms with E-state index in [1.54, 1.807) is 0 Å². The van der Waals surface area contributed by atoms with E-state index in [1.807, 2.05) is 20.8 Å². The number of carbonyl (C=O) groups excluding carboxylic acids is 1. The summed E-state index contributed by atoms with van der Waals surface area (Å²) in [6.45, 7) is 6.50. The van der Waals surface area contributed by atoms with E-state index in [0.717, 1.165) is 18.4 Å². The molecule has 0 fully saturated rings. The molecule has 0 saturated heterocycles. The lowest BCUT2D eigenvalue weighted by Crippen LogP contribution is -2.30. The second-order valence-corrected chi connectivity index (χ2v) is 3.44. The van der Waals surface area contributed by atoms with Crippen LogP contribution >= 0.6 is 0 Å². The van der Waals surface area contributed by atoms with Crippen molar-refractivity contribution >= 4 is 5.91 Å².